The Morgan fingerprint density at radius 1 is 1.26 bits per heavy atom. The van der Waals surface area contributed by atoms with Crippen LogP contribution in [0.2, 0.25) is 0 Å². The van der Waals surface area contributed by atoms with Crippen molar-refractivity contribution in [3.63, 3.8) is 0 Å². The largest absolute Gasteiger partial charge is 0.481 e. The molecule has 3 fully saturated rings. The summed E-state index contributed by atoms with van der Waals surface area (Å²) in [5, 5.41) is 19.0. The smallest absolute Gasteiger partial charge is 0.310 e. The van der Waals surface area contributed by atoms with Crippen molar-refractivity contribution in [3.05, 3.63) is 42.0 Å². The Bertz CT molecular complexity index is 973. The molecule has 8 heteroatoms. The lowest BCUT2D eigenvalue weighted by molar-refractivity contribution is -0.149. The first kappa shape index (κ1) is 24.4. The van der Waals surface area contributed by atoms with Crippen LogP contribution in [0.25, 0.3) is 0 Å². The zero-order valence-corrected chi connectivity index (χ0v) is 19.9. The Morgan fingerprint density at radius 2 is 1.97 bits per heavy atom. The molecule has 5 atom stereocenters. The molecule has 8 nitrogen and oxygen atoms in total. The van der Waals surface area contributed by atoms with Crippen LogP contribution in [0.3, 0.4) is 0 Å². The first-order chi connectivity index (χ1) is 16.3. The molecule has 34 heavy (non-hydrogen) atoms. The molecule has 2 unspecified atom stereocenters. The van der Waals surface area contributed by atoms with E-state index in [9.17, 15) is 19.5 Å². The normalized spacial score (nSPS) is 29.4. The van der Waals surface area contributed by atoms with Gasteiger partial charge in [-0.25, -0.2) is 0 Å². The number of fused-ring (bicyclic) bond motifs is 1. The van der Waals surface area contributed by atoms with Gasteiger partial charge < -0.3 is 24.7 Å². The van der Waals surface area contributed by atoms with E-state index in [2.05, 4.69) is 6.58 Å². The molecular formula is C26H34N2O6. The Hall–Kier alpha value is -2.71. The van der Waals surface area contributed by atoms with Crippen molar-refractivity contribution in [2.45, 2.75) is 63.7 Å². The molecule has 2 amide bonds. The van der Waals surface area contributed by atoms with Crippen LogP contribution in [0.5, 0.6) is 0 Å². The number of benzene rings is 1. The van der Waals surface area contributed by atoms with Crippen molar-refractivity contribution >= 4 is 23.5 Å². The summed E-state index contributed by atoms with van der Waals surface area (Å²) < 4.78 is 6.29. The first-order valence-corrected chi connectivity index (χ1v) is 12.1. The molecule has 0 saturated carbocycles. The molecule has 0 aliphatic carbocycles. The number of hydrogen-bond donors (Lipinski definition) is 2. The third kappa shape index (κ3) is 3.73. The Balaban J connectivity index is 1.76. The number of anilines is 1. The van der Waals surface area contributed by atoms with Crippen LogP contribution in [-0.2, 0) is 19.1 Å². The van der Waals surface area contributed by atoms with E-state index in [1.54, 1.807) is 15.9 Å². The van der Waals surface area contributed by atoms with Gasteiger partial charge in [-0.2, -0.15) is 0 Å². The van der Waals surface area contributed by atoms with E-state index in [0.29, 0.717) is 38.6 Å². The number of carboxylic acid groups (broad SMARTS) is 1. The maximum absolute atomic E-state index is 14.3. The Labute approximate surface area is 200 Å². The van der Waals surface area contributed by atoms with E-state index in [0.717, 1.165) is 16.8 Å². The number of aliphatic hydroxyl groups excluding tert-OH is 1. The molecule has 0 aromatic heterocycles. The first-order valence-electron chi connectivity index (χ1n) is 12.1. The number of aryl methyl sites for hydroxylation is 2. The van der Waals surface area contributed by atoms with Gasteiger partial charge in [-0.1, -0.05) is 24.3 Å². The summed E-state index contributed by atoms with van der Waals surface area (Å²) in [4.78, 5) is 43.3. The van der Waals surface area contributed by atoms with E-state index in [-0.39, 0.29) is 25.0 Å². The van der Waals surface area contributed by atoms with Gasteiger partial charge in [-0.3, -0.25) is 14.4 Å². The second-order valence-corrected chi connectivity index (χ2v) is 9.69. The number of para-hydroxylation sites is 1. The highest BCUT2D eigenvalue weighted by Crippen LogP contribution is 2.58. The molecule has 1 spiro atoms. The molecule has 2 N–H and O–H groups in total. The van der Waals surface area contributed by atoms with Crippen molar-refractivity contribution in [1.82, 2.24) is 4.90 Å². The molecule has 3 heterocycles. The molecule has 4 rings (SSSR count). The van der Waals surface area contributed by atoms with Crippen LogP contribution in [0.15, 0.2) is 30.9 Å². The average molecular weight is 471 g/mol. The zero-order chi connectivity index (χ0) is 24.6. The van der Waals surface area contributed by atoms with Crippen LogP contribution >= 0.6 is 0 Å². The van der Waals surface area contributed by atoms with Gasteiger partial charge >= 0.3 is 5.97 Å². The van der Waals surface area contributed by atoms with Gasteiger partial charge in [0, 0.05) is 25.4 Å². The minimum atomic E-state index is -1.13. The summed E-state index contributed by atoms with van der Waals surface area (Å²) in [6.07, 6.45) is 4.05. The predicted octanol–water partition coefficient (Wildman–Crippen LogP) is 2.44. The van der Waals surface area contributed by atoms with Crippen molar-refractivity contribution in [2.75, 3.05) is 24.6 Å². The third-order valence-electron chi connectivity index (χ3n) is 7.66. The van der Waals surface area contributed by atoms with Crippen molar-refractivity contribution in [2.24, 2.45) is 11.8 Å². The summed E-state index contributed by atoms with van der Waals surface area (Å²) >= 11 is 0. The SMILES string of the molecule is C=CCN(C(=O)C1N(CCCCCO)C(=O)[C@@H]2[C@H](C(=O)O)[C@@H]3CCC12O3)c1c(C)cccc1C. The van der Waals surface area contributed by atoms with Crippen LogP contribution < -0.4 is 4.90 Å². The topological polar surface area (TPSA) is 107 Å². The van der Waals surface area contributed by atoms with Crippen molar-refractivity contribution in [1.29, 1.82) is 0 Å². The van der Waals surface area contributed by atoms with E-state index in [1.165, 1.54) is 0 Å². The average Bonchev–Trinajstić information content (AvgIpc) is 3.43. The van der Waals surface area contributed by atoms with Gasteiger partial charge in [-0.15, -0.1) is 6.58 Å². The molecule has 2 bridgehead atoms. The molecule has 3 aliphatic rings. The molecule has 184 valence electrons. The number of amides is 2. The maximum atomic E-state index is 14.3. The van der Waals surface area contributed by atoms with Crippen LogP contribution in [-0.4, -0.2) is 70.3 Å². The van der Waals surface area contributed by atoms with Crippen molar-refractivity contribution in [3.8, 4) is 0 Å². The van der Waals surface area contributed by atoms with Gasteiger partial charge in [0.25, 0.3) is 5.91 Å². The fraction of sp³-hybridized carbons (Fsp3) is 0.577. The predicted molar refractivity (Wildman–Crippen MR) is 126 cm³/mol. The second-order valence-electron chi connectivity index (χ2n) is 9.69. The molecular weight excluding hydrogens is 436 g/mol. The van der Waals surface area contributed by atoms with Gasteiger partial charge in [-0.05, 0) is 57.1 Å². The number of aliphatic hydroxyl groups is 1. The molecule has 0 radical (unpaired) electrons. The Morgan fingerprint density at radius 3 is 2.59 bits per heavy atom. The zero-order valence-electron chi connectivity index (χ0n) is 19.9. The van der Waals surface area contributed by atoms with Crippen molar-refractivity contribution < 1.29 is 29.3 Å². The summed E-state index contributed by atoms with van der Waals surface area (Å²) in [6, 6.07) is 4.92. The number of rotatable bonds is 10. The highest BCUT2D eigenvalue weighted by atomic mass is 16.5. The maximum Gasteiger partial charge on any atom is 0.310 e. The van der Waals surface area contributed by atoms with Crippen LogP contribution in [0, 0.1) is 25.7 Å². The van der Waals surface area contributed by atoms with Gasteiger partial charge in [0.15, 0.2) is 0 Å². The van der Waals surface area contributed by atoms with Gasteiger partial charge in [0.05, 0.1) is 17.9 Å². The van der Waals surface area contributed by atoms with E-state index < -0.39 is 35.6 Å². The quantitative estimate of drug-likeness (QED) is 0.402. The highest BCUT2D eigenvalue weighted by molar-refractivity contribution is 6.05. The number of nitrogens with zero attached hydrogens (tertiary/aromatic N) is 2. The summed E-state index contributed by atoms with van der Waals surface area (Å²) in [5.41, 5.74) is 1.52. The van der Waals surface area contributed by atoms with Crippen LogP contribution in [0.4, 0.5) is 5.69 Å². The molecule has 1 aromatic rings. The van der Waals surface area contributed by atoms with E-state index >= 15 is 0 Å². The number of aliphatic carboxylic acids is 1. The molecule has 3 aliphatic heterocycles. The van der Waals surface area contributed by atoms with E-state index in [4.69, 9.17) is 9.84 Å². The second kappa shape index (κ2) is 9.50. The minimum absolute atomic E-state index is 0.0639. The Kier molecular flexibility index (Phi) is 6.82. The lowest BCUT2D eigenvalue weighted by atomic mass is 9.70. The number of carbonyl (C=O) groups excluding carboxylic acids is 2. The molecule has 3 saturated heterocycles. The fourth-order valence-electron chi connectivity index (χ4n) is 6.32. The van der Waals surface area contributed by atoms with E-state index in [1.807, 2.05) is 32.0 Å². The summed E-state index contributed by atoms with van der Waals surface area (Å²) in [5.74, 6) is -3.42. The summed E-state index contributed by atoms with van der Waals surface area (Å²) in [7, 11) is 0. The van der Waals surface area contributed by atoms with Gasteiger partial charge in [0.2, 0.25) is 5.91 Å². The highest BCUT2D eigenvalue weighted by Gasteiger charge is 2.74. The lowest BCUT2D eigenvalue weighted by Crippen LogP contribution is -2.56. The number of hydrogen-bond acceptors (Lipinski definition) is 5. The van der Waals surface area contributed by atoms with Crippen LogP contribution in [0.1, 0.15) is 43.2 Å². The number of ether oxygens (including phenoxy) is 1. The minimum Gasteiger partial charge on any atom is -0.481 e. The standard InChI is InChI=1S/C26H34N2O6/c1-4-13-27(21-16(2)9-8-10-17(21)3)24(31)22-26-12-11-18(34-26)19(25(32)33)20(26)23(30)28(22)14-6-5-7-15-29/h4,8-10,18-20,22,29H,1,5-7,11-15H2,2-3H3,(H,32,33)/t18-,19+,20-,22?,26?/m0/s1. The number of carboxylic acids is 1. The van der Waals surface area contributed by atoms with Gasteiger partial charge in [0.1, 0.15) is 11.6 Å². The molecule has 1 aromatic carbocycles. The third-order valence-corrected chi connectivity index (χ3v) is 7.66. The monoisotopic (exact) mass is 470 g/mol. The number of carbonyl (C=O) groups is 3. The number of unbranched alkanes of at least 4 members (excludes halogenated alkanes) is 2. The fourth-order valence-corrected chi connectivity index (χ4v) is 6.32. The number of likely N-dealkylation sites (tertiary alicyclic amines) is 1. The summed E-state index contributed by atoms with van der Waals surface area (Å²) in [6.45, 7) is 8.37. The lowest BCUT2D eigenvalue weighted by Gasteiger charge is -2.37.